The molecule has 0 atom stereocenters. The number of aromatic nitrogens is 6. The van der Waals surface area contributed by atoms with Crippen LogP contribution in [0.25, 0.3) is 16.9 Å². The minimum Gasteiger partial charge on any atom is -0.439 e. The van der Waals surface area contributed by atoms with Gasteiger partial charge >= 0.3 is 0 Å². The van der Waals surface area contributed by atoms with E-state index in [4.69, 9.17) is 4.74 Å². The Kier molecular flexibility index (Phi) is 5.46. The summed E-state index contributed by atoms with van der Waals surface area (Å²) in [4.78, 5) is 8.86. The molecule has 10 nitrogen and oxygen atoms in total. The molecular weight excluding hydrogens is 474 g/mol. The van der Waals surface area contributed by atoms with E-state index in [1.165, 1.54) is 6.07 Å². The predicted molar refractivity (Wildman–Crippen MR) is 128 cm³/mol. The SMILES string of the molecule is Cc1cc(C)n(-c2cc(Oc3ccc(NS(=O)(=O)c4cccc5nsnc45)cc3)nc(C)n2)n1. The molecule has 12 heteroatoms. The molecule has 1 N–H and O–H groups in total. The van der Waals surface area contributed by atoms with Gasteiger partial charge < -0.3 is 4.74 Å². The van der Waals surface area contributed by atoms with Gasteiger partial charge in [0.25, 0.3) is 10.0 Å². The van der Waals surface area contributed by atoms with Crippen LogP contribution >= 0.6 is 11.7 Å². The van der Waals surface area contributed by atoms with Gasteiger partial charge in [-0.05, 0) is 63.2 Å². The summed E-state index contributed by atoms with van der Waals surface area (Å²) in [6.45, 7) is 5.64. The molecule has 0 unspecified atom stereocenters. The standard InChI is InChI=1S/C22H19N7O3S2/c1-13-11-14(2)29(25-13)20-12-21(24-15(3)23-20)32-17-9-7-16(8-10-17)28-34(30,31)19-6-4-5-18-22(19)27-33-26-18/h4-12,28H,1-3H3. The molecule has 0 amide bonds. The van der Waals surface area contributed by atoms with Crippen molar-refractivity contribution < 1.29 is 13.2 Å². The van der Waals surface area contributed by atoms with Gasteiger partial charge in [0, 0.05) is 17.4 Å². The van der Waals surface area contributed by atoms with E-state index in [0.29, 0.717) is 40.0 Å². The molecule has 0 fully saturated rings. The Morgan fingerprint density at radius 3 is 2.50 bits per heavy atom. The molecule has 34 heavy (non-hydrogen) atoms. The number of hydrogen-bond acceptors (Lipinski definition) is 9. The van der Waals surface area contributed by atoms with Crippen LogP contribution in [0.5, 0.6) is 11.6 Å². The topological polar surface area (TPSA) is 125 Å². The van der Waals surface area contributed by atoms with Crippen LogP contribution in [-0.2, 0) is 10.0 Å². The highest BCUT2D eigenvalue weighted by Crippen LogP contribution is 2.26. The van der Waals surface area contributed by atoms with Crippen molar-refractivity contribution >= 4 is 38.5 Å². The van der Waals surface area contributed by atoms with Gasteiger partial charge in [-0.2, -0.15) is 18.8 Å². The number of nitrogens with zero attached hydrogens (tertiary/aromatic N) is 6. The van der Waals surface area contributed by atoms with Crippen molar-refractivity contribution in [1.82, 2.24) is 28.5 Å². The number of hydrogen-bond donors (Lipinski definition) is 1. The van der Waals surface area contributed by atoms with E-state index in [1.807, 2.05) is 19.9 Å². The largest absolute Gasteiger partial charge is 0.439 e. The number of aryl methyl sites for hydroxylation is 3. The van der Waals surface area contributed by atoms with E-state index in [-0.39, 0.29) is 4.90 Å². The summed E-state index contributed by atoms with van der Waals surface area (Å²) < 4.78 is 44.2. The molecule has 0 aliphatic carbocycles. The third-order valence-electron chi connectivity index (χ3n) is 4.89. The zero-order valence-corrected chi connectivity index (χ0v) is 20.1. The molecule has 0 bridgehead atoms. The molecule has 0 saturated heterocycles. The molecule has 0 spiro atoms. The molecule has 0 saturated carbocycles. The zero-order valence-electron chi connectivity index (χ0n) is 18.4. The molecular formula is C22H19N7O3S2. The van der Waals surface area contributed by atoms with Crippen LogP contribution in [-0.4, -0.2) is 36.9 Å². The predicted octanol–water partition coefficient (Wildman–Crippen LogP) is 4.19. The first-order valence-corrected chi connectivity index (χ1v) is 12.4. The molecule has 0 aliphatic rings. The van der Waals surface area contributed by atoms with E-state index in [0.717, 1.165) is 23.1 Å². The maximum Gasteiger partial charge on any atom is 0.264 e. The van der Waals surface area contributed by atoms with Crippen molar-refractivity contribution in [2.45, 2.75) is 25.7 Å². The smallest absolute Gasteiger partial charge is 0.264 e. The van der Waals surface area contributed by atoms with E-state index in [9.17, 15) is 8.42 Å². The quantitative estimate of drug-likeness (QED) is 0.373. The van der Waals surface area contributed by atoms with Crippen LogP contribution in [0.3, 0.4) is 0 Å². The van der Waals surface area contributed by atoms with Gasteiger partial charge in [-0.15, -0.1) is 0 Å². The van der Waals surface area contributed by atoms with E-state index < -0.39 is 10.0 Å². The van der Waals surface area contributed by atoms with Gasteiger partial charge in [0.2, 0.25) is 5.88 Å². The molecule has 172 valence electrons. The normalized spacial score (nSPS) is 11.6. The first-order valence-electron chi connectivity index (χ1n) is 10.2. The fourth-order valence-electron chi connectivity index (χ4n) is 3.47. The summed E-state index contributed by atoms with van der Waals surface area (Å²) in [5, 5.41) is 4.45. The van der Waals surface area contributed by atoms with Crippen LogP contribution in [0.15, 0.2) is 59.5 Å². The number of anilines is 1. The maximum absolute atomic E-state index is 12.9. The molecule has 3 heterocycles. The highest BCUT2D eigenvalue weighted by atomic mass is 32.2. The maximum atomic E-state index is 12.9. The van der Waals surface area contributed by atoms with Gasteiger partial charge in [0.05, 0.1) is 17.4 Å². The number of fused-ring (bicyclic) bond motifs is 1. The number of sulfonamides is 1. The summed E-state index contributed by atoms with van der Waals surface area (Å²) in [7, 11) is -3.84. The Bertz CT molecular complexity index is 1610. The summed E-state index contributed by atoms with van der Waals surface area (Å²) >= 11 is 0.970. The minimum atomic E-state index is -3.84. The number of nitrogens with one attached hydrogen (secondary N) is 1. The number of benzene rings is 2. The van der Waals surface area contributed by atoms with Gasteiger partial charge in [-0.1, -0.05) is 6.07 Å². The average Bonchev–Trinajstić information content (AvgIpc) is 3.40. The lowest BCUT2D eigenvalue weighted by molar-refractivity contribution is 0.459. The fourth-order valence-corrected chi connectivity index (χ4v) is 5.29. The Labute approximate surface area is 199 Å². The lowest BCUT2D eigenvalue weighted by atomic mass is 10.3. The van der Waals surface area contributed by atoms with Crippen LogP contribution in [0, 0.1) is 20.8 Å². The highest BCUT2D eigenvalue weighted by molar-refractivity contribution is 7.93. The third kappa shape index (κ3) is 4.32. The van der Waals surface area contributed by atoms with Gasteiger partial charge in [-0.25, -0.2) is 18.1 Å². The lowest BCUT2D eigenvalue weighted by Gasteiger charge is -2.11. The monoisotopic (exact) mass is 493 g/mol. The van der Waals surface area contributed by atoms with Gasteiger partial charge in [0.1, 0.15) is 27.5 Å². The van der Waals surface area contributed by atoms with Crippen molar-refractivity contribution in [1.29, 1.82) is 0 Å². The zero-order chi connectivity index (χ0) is 23.9. The molecule has 5 rings (SSSR count). The molecule has 0 radical (unpaired) electrons. The summed E-state index contributed by atoms with van der Waals surface area (Å²) in [6.07, 6.45) is 0. The number of rotatable bonds is 6. The van der Waals surface area contributed by atoms with Gasteiger partial charge in [0.15, 0.2) is 5.82 Å². The summed E-state index contributed by atoms with van der Waals surface area (Å²) in [5.41, 5.74) is 3.10. The van der Waals surface area contributed by atoms with Crippen molar-refractivity contribution in [2.75, 3.05) is 4.72 Å². The van der Waals surface area contributed by atoms with Crippen LogP contribution in [0.4, 0.5) is 5.69 Å². The average molecular weight is 494 g/mol. The van der Waals surface area contributed by atoms with Crippen molar-refractivity contribution in [3.63, 3.8) is 0 Å². The summed E-state index contributed by atoms with van der Waals surface area (Å²) in [6, 6.07) is 15.1. The lowest BCUT2D eigenvalue weighted by Crippen LogP contribution is -2.13. The first-order chi connectivity index (χ1) is 16.3. The van der Waals surface area contributed by atoms with Crippen molar-refractivity contribution in [3.8, 4) is 17.4 Å². The first kappa shape index (κ1) is 21.9. The summed E-state index contributed by atoms with van der Waals surface area (Å²) in [5.74, 6) is 1.98. The second-order valence-corrected chi connectivity index (χ2v) is 9.75. The van der Waals surface area contributed by atoms with Crippen molar-refractivity contribution in [3.05, 3.63) is 71.8 Å². The molecule has 2 aromatic carbocycles. The van der Waals surface area contributed by atoms with Crippen LogP contribution in [0.2, 0.25) is 0 Å². The number of ether oxygens (including phenoxy) is 1. The van der Waals surface area contributed by atoms with Crippen LogP contribution < -0.4 is 9.46 Å². The van der Waals surface area contributed by atoms with Crippen LogP contribution in [0.1, 0.15) is 17.2 Å². The Hall–Kier alpha value is -3.90. The van der Waals surface area contributed by atoms with Crippen molar-refractivity contribution in [2.24, 2.45) is 0 Å². The Balaban J connectivity index is 1.36. The molecule has 3 aromatic heterocycles. The highest BCUT2D eigenvalue weighted by Gasteiger charge is 2.20. The minimum absolute atomic E-state index is 0.0761. The fraction of sp³-hybridized carbons (Fsp3) is 0.136. The Morgan fingerprint density at radius 1 is 0.971 bits per heavy atom. The Morgan fingerprint density at radius 2 is 1.76 bits per heavy atom. The van der Waals surface area contributed by atoms with E-state index in [1.54, 1.807) is 54.1 Å². The van der Waals surface area contributed by atoms with E-state index >= 15 is 0 Å². The third-order valence-corrected chi connectivity index (χ3v) is 6.85. The molecule has 0 aliphatic heterocycles. The second-order valence-electron chi connectivity index (χ2n) is 7.57. The second kappa shape index (κ2) is 8.47. The van der Waals surface area contributed by atoms with Gasteiger partial charge in [-0.3, -0.25) is 4.72 Å². The van der Waals surface area contributed by atoms with E-state index in [2.05, 4.69) is 28.5 Å². The molecule has 5 aromatic rings.